The van der Waals surface area contributed by atoms with Crippen molar-refractivity contribution in [1.29, 1.82) is 0 Å². The van der Waals surface area contributed by atoms with Gasteiger partial charge in [0, 0.05) is 18.5 Å². The monoisotopic (exact) mass is 276 g/mol. The molecule has 20 heavy (non-hydrogen) atoms. The Balaban J connectivity index is 1.72. The van der Waals surface area contributed by atoms with E-state index >= 15 is 0 Å². The van der Waals surface area contributed by atoms with Crippen LogP contribution in [0.1, 0.15) is 50.1 Å². The van der Waals surface area contributed by atoms with E-state index in [0.717, 1.165) is 49.9 Å². The van der Waals surface area contributed by atoms with Crippen molar-refractivity contribution in [2.75, 3.05) is 6.54 Å². The molecule has 3 heterocycles. The molecule has 0 amide bonds. The topological polar surface area (TPSA) is 68.2 Å². The van der Waals surface area contributed by atoms with Crippen LogP contribution in [-0.4, -0.2) is 32.8 Å². The van der Waals surface area contributed by atoms with E-state index in [1.807, 2.05) is 13.0 Å². The largest absolute Gasteiger partial charge is 0.425 e. The lowest BCUT2D eigenvalue weighted by molar-refractivity contribution is 0.107. The van der Waals surface area contributed by atoms with E-state index in [9.17, 15) is 0 Å². The smallest absolute Gasteiger partial charge is 0.221 e. The maximum Gasteiger partial charge on any atom is 0.221 e. The van der Waals surface area contributed by atoms with Crippen molar-refractivity contribution in [3.8, 4) is 0 Å². The average molecular weight is 276 g/mol. The summed E-state index contributed by atoms with van der Waals surface area (Å²) < 4.78 is 10.9. The van der Waals surface area contributed by atoms with Gasteiger partial charge >= 0.3 is 0 Å². The number of rotatable bonds is 4. The molecule has 1 saturated heterocycles. The van der Waals surface area contributed by atoms with Crippen molar-refractivity contribution in [1.82, 2.24) is 20.3 Å². The lowest BCUT2D eigenvalue weighted by atomic mass is 9.90. The molecule has 1 aliphatic rings. The zero-order valence-electron chi connectivity index (χ0n) is 12.0. The number of likely N-dealkylation sites (tertiary alicyclic amines) is 1. The molecule has 0 unspecified atom stereocenters. The summed E-state index contributed by atoms with van der Waals surface area (Å²) in [5.74, 6) is 2.70. The van der Waals surface area contributed by atoms with Crippen molar-refractivity contribution in [3.63, 3.8) is 0 Å². The summed E-state index contributed by atoms with van der Waals surface area (Å²) in [5, 5.41) is 12.1. The van der Waals surface area contributed by atoms with Crippen LogP contribution in [0.15, 0.2) is 21.2 Å². The third-order valence-corrected chi connectivity index (χ3v) is 4.07. The molecule has 0 radical (unpaired) electrons. The zero-order chi connectivity index (χ0) is 13.9. The van der Waals surface area contributed by atoms with Gasteiger partial charge in [0.1, 0.15) is 0 Å². The average Bonchev–Trinajstić information content (AvgIpc) is 3.12. The van der Waals surface area contributed by atoms with E-state index in [-0.39, 0.29) is 0 Å². The van der Waals surface area contributed by atoms with E-state index in [4.69, 9.17) is 8.94 Å². The van der Waals surface area contributed by atoms with Crippen LogP contribution in [0.5, 0.6) is 0 Å². The van der Waals surface area contributed by atoms with E-state index in [1.54, 1.807) is 6.20 Å². The fraction of sp³-hybridized carbons (Fsp3) is 0.643. The fourth-order valence-corrected chi connectivity index (χ4v) is 2.85. The van der Waals surface area contributed by atoms with Crippen molar-refractivity contribution >= 4 is 0 Å². The minimum Gasteiger partial charge on any atom is -0.425 e. The lowest BCUT2D eigenvalue weighted by Crippen LogP contribution is -2.41. The van der Waals surface area contributed by atoms with Crippen molar-refractivity contribution in [2.24, 2.45) is 0 Å². The highest BCUT2D eigenvalue weighted by atomic mass is 16.5. The molecule has 1 fully saturated rings. The molecule has 0 N–H and O–H groups in total. The zero-order valence-corrected chi connectivity index (χ0v) is 12.0. The van der Waals surface area contributed by atoms with Crippen LogP contribution in [0.25, 0.3) is 0 Å². The molecule has 0 bridgehead atoms. The van der Waals surface area contributed by atoms with Gasteiger partial charge in [0.25, 0.3) is 0 Å². The number of aromatic nitrogens is 3. The Morgan fingerprint density at radius 2 is 2.30 bits per heavy atom. The Bertz CT molecular complexity index is 537. The van der Waals surface area contributed by atoms with Crippen LogP contribution >= 0.6 is 0 Å². The molecule has 2 aromatic rings. The summed E-state index contributed by atoms with van der Waals surface area (Å²) in [7, 11) is 0. The molecule has 3 rings (SSSR count). The first-order chi connectivity index (χ1) is 9.78. The Hall–Kier alpha value is -1.69. The predicted molar refractivity (Wildman–Crippen MR) is 72.0 cm³/mol. The molecule has 0 saturated carbocycles. The number of nitrogens with zero attached hydrogens (tertiary/aromatic N) is 4. The third kappa shape index (κ3) is 2.60. The minimum atomic E-state index is 0.305. The van der Waals surface area contributed by atoms with Gasteiger partial charge in [-0.05, 0) is 26.3 Å². The molecular weight excluding hydrogens is 256 g/mol. The highest BCUT2D eigenvalue weighted by Crippen LogP contribution is 2.32. The van der Waals surface area contributed by atoms with Crippen LogP contribution in [0.4, 0.5) is 0 Å². The number of hydrogen-bond acceptors (Lipinski definition) is 6. The van der Waals surface area contributed by atoms with Gasteiger partial charge in [0.15, 0.2) is 5.76 Å². The van der Waals surface area contributed by atoms with Gasteiger partial charge < -0.3 is 8.94 Å². The Kier molecular flexibility index (Phi) is 3.82. The summed E-state index contributed by atoms with van der Waals surface area (Å²) in [4.78, 5) is 2.39. The molecule has 0 aromatic carbocycles. The Morgan fingerprint density at radius 3 is 3.00 bits per heavy atom. The van der Waals surface area contributed by atoms with Crippen LogP contribution in [0.2, 0.25) is 0 Å². The van der Waals surface area contributed by atoms with E-state index < -0.39 is 0 Å². The van der Waals surface area contributed by atoms with Crippen molar-refractivity contribution in [2.45, 2.75) is 51.6 Å². The molecule has 2 aromatic heterocycles. The van der Waals surface area contributed by atoms with E-state index in [0.29, 0.717) is 12.0 Å². The van der Waals surface area contributed by atoms with Gasteiger partial charge in [0.2, 0.25) is 11.8 Å². The number of piperidine rings is 1. The quantitative estimate of drug-likeness (QED) is 0.854. The molecule has 6 nitrogen and oxygen atoms in total. The maximum atomic E-state index is 5.74. The predicted octanol–water partition coefficient (Wildman–Crippen LogP) is 2.39. The van der Waals surface area contributed by atoms with Crippen LogP contribution in [0, 0.1) is 0 Å². The van der Waals surface area contributed by atoms with Crippen molar-refractivity contribution < 1.29 is 8.94 Å². The molecule has 2 atom stereocenters. The molecule has 108 valence electrons. The van der Waals surface area contributed by atoms with Gasteiger partial charge in [-0.15, -0.1) is 10.2 Å². The summed E-state index contributed by atoms with van der Waals surface area (Å²) in [6.45, 7) is 6.09. The molecular formula is C14H20N4O2. The minimum absolute atomic E-state index is 0.305. The summed E-state index contributed by atoms with van der Waals surface area (Å²) in [6.07, 6.45) is 4.70. The molecule has 0 aliphatic carbocycles. The standard InChI is InChI=1S/C14H20N4O2/c1-3-13-16-17-14(19-13)12-5-4-8-18(10(12)2)9-11-6-7-15-20-11/h6-7,10,12H,3-5,8-9H2,1-2H3/t10-,12-/m0/s1. The normalized spacial score (nSPS) is 24.1. The second kappa shape index (κ2) is 5.75. The highest BCUT2D eigenvalue weighted by molar-refractivity contribution is 5.02. The molecule has 1 aliphatic heterocycles. The first kappa shape index (κ1) is 13.3. The molecule has 0 spiro atoms. The third-order valence-electron chi connectivity index (χ3n) is 4.07. The van der Waals surface area contributed by atoms with Gasteiger partial charge in [0.05, 0.1) is 18.7 Å². The van der Waals surface area contributed by atoms with Gasteiger partial charge in [-0.2, -0.15) is 0 Å². The summed E-state index contributed by atoms with van der Waals surface area (Å²) in [5.41, 5.74) is 0. The molecule has 6 heteroatoms. The number of hydrogen-bond donors (Lipinski definition) is 0. The SMILES string of the molecule is CCc1nnc([C@H]2CCCN(Cc3ccno3)[C@H]2C)o1. The van der Waals surface area contributed by atoms with E-state index in [2.05, 4.69) is 27.2 Å². The first-order valence-electron chi connectivity index (χ1n) is 7.23. The summed E-state index contributed by atoms with van der Waals surface area (Å²) >= 11 is 0. The maximum absolute atomic E-state index is 5.74. The second-order valence-electron chi connectivity index (χ2n) is 5.33. The lowest BCUT2D eigenvalue weighted by Gasteiger charge is -2.37. The summed E-state index contributed by atoms with van der Waals surface area (Å²) in [6, 6.07) is 2.28. The Labute approximate surface area is 118 Å². The van der Waals surface area contributed by atoms with E-state index in [1.165, 1.54) is 0 Å². The first-order valence-corrected chi connectivity index (χ1v) is 7.23. The van der Waals surface area contributed by atoms with Gasteiger partial charge in [-0.25, -0.2) is 0 Å². The van der Waals surface area contributed by atoms with Crippen LogP contribution in [-0.2, 0) is 13.0 Å². The highest BCUT2D eigenvalue weighted by Gasteiger charge is 2.33. The van der Waals surface area contributed by atoms with Gasteiger partial charge in [-0.1, -0.05) is 12.1 Å². The van der Waals surface area contributed by atoms with Gasteiger partial charge in [-0.3, -0.25) is 4.90 Å². The van der Waals surface area contributed by atoms with Crippen molar-refractivity contribution in [3.05, 3.63) is 29.8 Å². The Morgan fingerprint density at radius 1 is 1.40 bits per heavy atom. The number of aryl methyl sites for hydroxylation is 1. The second-order valence-corrected chi connectivity index (χ2v) is 5.33. The van der Waals surface area contributed by atoms with Crippen LogP contribution < -0.4 is 0 Å². The van der Waals surface area contributed by atoms with Crippen LogP contribution in [0.3, 0.4) is 0 Å². The fourth-order valence-electron chi connectivity index (χ4n) is 2.85.